The maximum absolute atomic E-state index is 12.9. The Morgan fingerprint density at radius 2 is 2.05 bits per heavy atom. The Hall–Kier alpha value is -2.76. The van der Waals surface area contributed by atoms with Gasteiger partial charge in [-0.15, -0.1) is 0 Å². The van der Waals surface area contributed by atoms with Crippen molar-refractivity contribution < 1.29 is 19.0 Å². The van der Waals surface area contributed by atoms with Crippen LogP contribution in [0.25, 0.3) is 0 Å². The number of benzene rings is 2. The Labute approximate surface area is 114 Å². The van der Waals surface area contributed by atoms with Crippen molar-refractivity contribution in [1.29, 1.82) is 0 Å². The molecule has 0 saturated carbocycles. The minimum atomic E-state index is -0.617. The van der Waals surface area contributed by atoms with Crippen LogP contribution in [0.15, 0.2) is 36.4 Å². The van der Waals surface area contributed by atoms with Crippen LogP contribution < -0.4 is 15.8 Å². The molecule has 1 amide bonds. The summed E-state index contributed by atoms with van der Waals surface area (Å²) >= 11 is 0. The van der Waals surface area contributed by atoms with Gasteiger partial charge >= 0.3 is 0 Å². The second kappa shape index (κ2) is 5.48. The van der Waals surface area contributed by atoms with Crippen molar-refractivity contribution in [2.24, 2.45) is 0 Å². The van der Waals surface area contributed by atoms with Gasteiger partial charge in [0.05, 0.1) is 18.4 Å². The normalized spacial score (nSPS) is 10.1. The Morgan fingerprint density at radius 1 is 1.30 bits per heavy atom. The van der Waals surface area contributed by atoms with Gasteiger partial charge in [0, 0.05) is 17.8 Å². The molecule has 0 heterocycles. The zero-order chi connectivity index (χ0) is 14.7. The molecule has 6 heteroatoms. The number of nitrogens with one attached hydrogen (secondary N) is 1. The molecule has 4 N–H and O–H groups in total. The zero-order valence-corrected chi connectivity index (χ0v) is 10.7. The summed E-state index contributed by atoms with van der Waals surface area (Å²) in [6.45, 7) is 0. The monoisotopic (exact) mass is 276 g/mol. The number of anilines is 2. The van der Waals surface area contributed by atoms with Crippen molar-refractivity contribution >= 4 is 17.3 Å². The topological polar surface area (TPSA) is 84.6 Å². The number of hydrogen-bond acceptors (Lipinski definition) is 4. The smallest absolute Gasteiger partial charge is 0.259 e. The summed E-state index contributed by atoms with van der Waals surface area (Å²) in [6, 6.07) is 7.90. The van der Waals surface area contributed by atoms with E-state index in [2.05, 4.69) is 5.32 Å². The number of rotatable bonds is 3. The lowest BCUT2D eigenvalue weighted by molar-refractivity contribution is 0.102. The largest absolute Gasteiger partial charge is 0.507 e. The van der Waals surface area contributed by atoms with Gasteiger partial charge in [-0.3, -0.25) is 4.79 Å². The minimum Gasteiger partial charge on any atom is -0.507 e. The van der Waals surface area contributed by atoms with Crippen LogP contribution in [0.1, 0.15) is 10.4 Å². The van der Waals surface area contributed by atoms with Crippen LogP contribution in [0, 0.1) is 5.82 Å². The summed E-state index contributed by atoms with van der Waals surface area (Å²) in [7, 11) is 1.46. The average molecular weight is 276 g/mol. The van der Waals surface area contributed by atoms with Gasteiger partial charge in [0.1, 0.15) is 17.3 Å². The number of aromatic hydroxyl groups is 1. The van der Waals surface area contributed by atoms with Gasteiger partial charge in [-0.05, 0) is 24.3 Å². The van der Waals surface area contributed by atoms with Crippen molar-refractivity contribution in [3.63, 3.8) is 0 Å². The van der Waals surface area contributed by atoms with Crippen LogP contribution in [-0.4, -0.2) is 18.1 Å². The lowest BCUT2D eigenvalue weighted by atomic mass is 10.1. The van der Waals surface area contributed by atoms with Crippen molar-refractivity contribution in [2.75, 3.05) is 18.2 Å². The van der Waals surface area contributed by atoms with Crippen LogP contribution >= 0.6 is 0 Å². The summed E-state index contributed by atoms with van der Waals surface area (Å²) in [5, 5.41) is 12.1. The molecular weight excluding hydrogens is 263 g/mol. The van der Waals surface area contributed by atoms with E-state index >= 15 is 0 Å². The molecule has 0 unspecified atom stereocenters. The van der Waals surface area contributed by atoms with E-state index in [-0.39, 0.29) is 5.56 Å². The Kier molecular flexibility index (Phi) is 3.74. The molecule has 2 rings (SSSR count). The second-order valence-electron chi connectivity index (χ2n) is 4.07. The number of nitrogen functional groups attached to an aromatic ring is 1. The highest BCUT2D eigenvalue weighted by Gasteiger charge is 2.12. The third-order valence-electron chi connectivity index (χ3n) is 2.70. The van der Waals surface area contributed by atoms with E-state index in [0.717, 1.165) is 12.1 Å². The highest BCUT2D eigenvalue weighted by Crippen LogP contribution is 2.26. The quantitative estimate of drug-likeness (QED) is 0.751. The summed E-state index contributed by atoms with van der Waals surface area (Å²) in [5.74, 6) is -1.18. The molecule has 0 radical (unpaired) electrons. The first-order valence-electron chi connectivity index (χ1n) is 5.74. The number of phenolic OH excluding ortho intramolecular Hbond substituents is 1. The summed E-state index contributed by atoms with van der Waals surface area (Å²) in [5.41, 5.74) is 6.53. The number of methoxy groups -OCH3 is 1. The third-order valence-corrected chi connectivity index (χ3v) is 2.70. The molecule has 20 heavy (non-hydrogen) atoms. The number of hydrogen-bond donors (Lipinski definition) is 3. The molecule has 2 aromatic rings. The van der Waals surface area contributed by atoms with Gasteiger partial charge in [-0.25, -0.2) is 4.39 Å². The molecule has 0 aliphatic heterocycles. The number of amides is 1. The molecule has 0 aliphatic rings. The number of carbonyl (C=O) groups excluding carboxylic acids is 1. The third kappa shape index (κ3) is 2.80. The summed E-state index contributed by atoms with van der Waals surface area (Å²) < 4.78 is 17.9. The summed E-state index contributed by atoms with van der Waals surface area (Å²) in [4.78, 5) is 12.0. The first kappa shape index (κ1) is 13.7. The summed E-state index contributed by atoms with van der Waals surface area (Å²) in [6.07, 6.45) is 0. The van der Waals surface area contributed by atoms with E-state index in [1.54, 1.807) is 18.2 Å². The van der Waals surface area contributed by atoms with E-state index in [4.69, 9.17) is 10.5 Å². The van der Waals surface area contributed by atoms with E-state index < -0.39 is 17.5 Å². The lowest BCUT2D eigenvalue weighted by Gasteiger charge is -2.09. The zero-order valence-electron chi connectivity index (χ0n) is 10.7. The first-order chi connectivity index (χ1) is 9.51. The fourth-order valence-corrected chi connectivity index (χ4v) is 1.68. The average Bonchev–Trinajstić information content (AvgIpc) is 2.40. The van der Waals surface area contributed by atoms with Gasteiger partial charge in [-0.2, -0.15) is 0 Å². The maximum atomic E-state index is 12.9. The van der Waals surface area contributed by atoms with Gasteiger partial charge in [-0.1, -0.05) is 0 Å². The van der Waals surface area contributed by atoms with E-state index in [1.165, 1.54) is 13.2 Å². The van der Waals surface area contributed by atoms with Crippen molar-refractivity contribution in [3.8, 4) is 11.5 Å². The Balaban J connectivity index is 2.23. The Bertz CT molecular complexity index is 659. The molecular formula is C14H13FN2O3. The maximum Gasteiger partial charge on any atom is 0.259 e. The molecule has 0 saturated heterocycles. The Morgan fingerprint density at radius 3 is 2.70 bits per heavy atom. The fraction of sp³-hybridized carbons (Fsp3) is 0.0714. The highest BCUT2D eigenvalue weighted by molar-refractivity contribution is 6.06. The number of nitrogens with two attached hydrogens (primary N) is 1. The van der Waals surface area contributed by atoms with Crippen molar-refractivity contribution in [1.82, 2.24) is 0 Å². The first-order valence-corrected chi connectivity index (χ1v) is 5.74. The van der Waals surface area contributed by atoms with Crippen LogP contribution in [-0.2, 0) is 0 Å². The number of phenols is 1. The van der Waals surface area contributed by atoms with Crippen LogP contribution in [0.5, 0.6) is 11.5 Å². The van der Waals surface area contributed by atoms with Crippen LogP contribution in [0.3, 0.4) is 0 Å². The van der Waals surface area contributed by atoms with Gasteiger partial charge in [0.25, 0.3) is 5.91 Å². The lowest BCUT2D eigenvalue weighted by Crippen LogP contribution is -2.12. The molecule has 0 fully saturated rings. The van der Waals surface area contributed by atoms with Gasteiger partial charge < -0.3 is 20.9 Å². The minimum absolute atomic E-state index is 0.0257. The standard InChI is InChI=1S/C14H13FN2O3/c1-20-13-7-9(3-5-11(13)16)17-14(19)10-4-2-8(15)6-12(10)18/h2-7,18H,16H2,1H3,(H,17,19). The van der Waals surface area contributed by atoms with Crippen molar-refractivity contribution in [2.45, 2.75) is 0 Å². The molecule has 0 spiro atoms. The number of carbonyl (C=O) groups is 1. The van der Waals surface area contributed by atoms with E-state index in [0.29, 0.717) is 17.1 Å². The molecule has 0 atom stereocenters. The second-order valence-corrected chi connectivity index (χ2v) is 4.07. The molecule has 0 aromatic heterocycles. The molecule has 2 aromatic carbocycles. The van der Waals surface area contributed by atoms with Crippen molar-refractivity contribution in [3.05, 3.63) is 47.8 Å². The van der Waals surface area contributed by atoms with E-state index in [1.807, 2.05) is 0 Å². The van der Waals surface area contributed by atoms with Crippen LogP contribution in [0.4, 0.5) is 15.8 Å². The SMILES string of the molecule is COc1cc(NC(=O)c2ccc(F)cc2O)ccc1N. The molecule has 5 nitrogen and oxygen atoms in total. The fourth-order valence-electron chi connectivity index (χ4n) is 1.68. The van der Waals surface area contributed by atoms with E-state index in [9.17, 15) is 14.3 Å². The predicted molar refractivity (Wildman–Crippen MR) is 73.4 cm³/mol. The molecule has 104 valence electrons. The van der Waals surface area contributed by atoms with Gasteiger partial charge in [0.15, 0.2) is 0 Å². The number of halogens is 1. The predicted octanol–water partition coefficient (Wildman–Crippen LogP) is 2.37. The highest BCUT2D eigenvalue weighted by atomic mass is 19.1. The number of ether oxygens (including phenoxy) is 1. The van der Waals surface area contributed by atoms with Gasteiger partial charge in [0.2, 0.25) is 0 Å². The van der Waals surface area contributed by atoms with Crippen LogP contribution in [0.2, 0.25) is 0 Å². The molecule has 0 aliphatic carbocycles. The molecule has 0 bridgehead atoms.